The van der Waals surface area contributed by atoms with Gasteiger partial charge in [-0.2, -0.15) is 0 Å². The Morgan fingerprint density at radius 3 is 2.25 bits per heavy atom. The lowest BCUT2D eigenvalue weighted by Crippen LogP contribution is -2.52. The van der Waals surface area contributed by atoms with Crippen molar-refractivity contribution in [2.45, 2.75) is 45.8 Å². The summed E-state index contributed by atoms with van der Waals surface area (Å²) in [6.45, 7) is 5.61. The summed E-state index contributed by atoms with van der Waals surface area (Å²) >= 11 is 0. The highest BCUT2D eigenvalue weighted by Crippen LogP contribution is 2.21. The minimum atomic E-state index is -0.352. The number of carbonyl (C=O) groups is 1. The third-order valence-corrected chi connectivity index (χ3v) is 2.24. The van der Waals surface area contributed by atoms with Gasteiger partial charge in [-0.3, -0.25) is 4.79 Å². The summed E-state index contributed by atoms with van der Waals surface area (Å²) in [5.41, 5.74) is -0.352. The fourth-order valence-electron chi connectivity index (χ4n) is 1.04. The maximum Gasteiger partial charge on any atom is 0.225 e. The molecule has 1 aliphatic rings. The van der Waals surface area contributed by atoms with Gasteiger partial charge in [-0.15, -0.1) is 0 Å². The van der Waals surface area contributed by atoms with Crippen molar-refractivity contribution in [1.29, 1.82) is 0 Å². The van der Waals surface area contributed by atoms with Gasteiger partial charge in [0, 0.05) is 5.41 Å². The van der Waals surface area contributed by atoms with Crippen LogP contribution in [0.5, 0.6) is 0 Å². The fraction of sp³-hybridized carbons (Fsp3) is 0.889. The lowest BCUT2D eigenvalue weighted by molar-refractivity contribution is -0.131. The third-order valence-electron chi connectivity index (χ3n) is 2.24. The smallest absolute Gasteiger partial charge is 0.225 e. The Morgan fingerprint density at radius 1 is 1.42 bits per heavy atom. The lowest BCUT2D eigenvalue weighted by Gasteiger charge is -2.34. The molecule has 0 unspecified atom stereocenters. The van der Waals surface area contributed by atoms with Gasteiger partial charge in [0.05, 0.1) is 12.1 Å². The number of nitrogens with one attached hydrogen (secondary N) is 1. The first-order valence-corrected chi connectivity index (χ1v) is 4.40. The highest BCUT2D eigenvalue weighted by molar-refractivity contribution is 5.81. The Morgan fingerprint density at radius 2 is 2.00 bits per heavy atom. The van der Waals surface area contributed by atoms with E-state index in [1.54, 1.807) is 0 Å². The molecule has 0 aromatic rings. The van der Waals surface area contributed by atoms with E-state index in [0.717, 1.165) is 12.8 Å². The second kappa shape index (κ2) is 3.05. The van der Waals surface area contributed by atoms with Gasteiger partial charge < -0.3 is 10.4 Å². The van der Waals surface area contributed by atoms with E-state index in [4.69, 9.17) is 0 Å². The Balaban J connectivity index is 2.36. The van der Waals surface area contributed by atoms with Gasteiger partial charge in [0.15, 0.2) is 0 Å². The van der Waals surface area contributed by atoms with E-state index < -0.39 is 0 Å². The zero-order chi connectivity index (χ0) is 9.35. The van der Waals surface area contributed by atoms with Gasteiger partial charge in [-0.1, -0.05) is 20.8 Å². The second-order valence-electron chi connectivity index (χ2n) is 4.47. The predicted octanol–water partition coefficient (Wildman–Crippen LogP) is 0.672. The van der Waals surface area contributed by atoms with Crippen LogP contribution in [0.25, 0.3) is 0 Å². The summed E-state index contributed by atoms with van der Waals surface area (Å²) in [5.74, 6) is 0.0197. The molecule has 0 bridgehead atoms. The zero-order valence-electron chi connectivity index (χ0n) is 7.92. The van der Waals surface area contributed by atoms with Crippen molar-refractivity contribution >= 4 is 5.91 Å². The first kappa shape index (κ1) is 9.52. The van der Waals surface area contributed by atoms with E-state index in [1.807, 2.05) is 20.8 Å². The number of hydrogen-bond acceptors (Lipinski definition) is 2. The number of aliphatic hydroxyl groups is 1. The maximum atomic E-state index is 11.4. The Bertz CT molecular complexity index is 183. The molecule has 2 atom stereocenters. The molecular formula is C9H17NO2. The standard InChI is InChI=1S/C9H17NO2/c1-9(2,3)8(12)10-6-4-5-7(6)11/h6-7,11H,4-5H2,1-3H3,(H,10,12)/t6-,7-/m1/s1. The Labute approximate surface area is 73.2 Å². The lowest BCUT2D eigenvalue weighted by atomic mass is 9.87. The van der Waals surface area contributed by atoms with Crippen LogP contribution in [0.2, 0.25) is 0 Å². The minimum Gasteiger partial charge on any atom is -0.391 e. The van der Waals surface area contributed by atoms with Gasteiger partial charge in [-0.25, -0.2) is 0 Å². The predicted molar refractivity (Wildman–Crippen MR) is 46.6 cm³/mol. The van der Waals surface area contributed by atoms with E-state index >= 15 is 0 Å². The number of aliphatic hydroxyl groups excluding tert-OH is 1. The van der Waals surface area contributed by atoms with Crippen LogP contribution in [0.1, 0.15) is 33.6 Å². The summed E-state index contributed by atoms with van der Waals surface area (Å²) in [5, 5.41) is 12.0. The maximum absolute atomic E-state index is 11.4. The minimum absolute atomic E-state index is 0.00303. The molecule has 0 heterocycles. The van der Waals surface area contributed by atoms with E-state index in [1.165, 1.54) is 0 Å². The van der Waals surface area contributed by atoms with Crippen LogP contribution in [0.15, 0.2) is 0 Å². The molecule has 0 spiro atoms. The molecule has 0 aromatic carbocycles. The van der Waals surface area contributed by atoms with E-state index in [0.29, 0.717) is 0 Å². The van der Waals surface area contributed by atoms with Crippen LogP contribution in [0, 0.1) is 5.41 Å². The fourth-order valence-corrected chi connectivity index (χ4v) is 1.04. The van der Waals surface area contributed by atoms with Gasteiger partial charge in [0.25, 0.3) is 0 Å². The summed E-state index contributed by atoms with van der Waals surface area (Å²) in [6.07, 6.45) is 1.40. The molecule has 1 rings (SSSR count). The molecule has 3 heteroatoms. The highest BCUT2D eigenvalue weighted by Gasteiger charge is 2.32. The molecule has 1 amide bonds. The van der Waals surface area contributed by atoms with E-state index in [-0.39, 0.29) is 23.5 Å². The molecule has 1 aliphatic carbocycles. The summed E-state index contributed by atoms with van der Waals surface area (Å²) in [7, 11) is 0. The molecule has 0 radical (unpaired) electrons. The Kier molecular flexibility index (Phi) is 2.42. The molecule has 2 N–H and O–H groups in total. The first-order valence-electron chi connectivity index (χ1n) is 4.40. The topological polar surface area (TPSA) is 49.3 Å². The van der Waals surface area contributed by atoms with Crippen molar-refractivity contribution in [3.8, 4) is 0 Å². The number of carbonyl (C=O) groups excluding carboxylic acids is 1. The summed E-state index contributed by atoms with van der Waals surface area (Å²) in [6, 6.07) is -0.00303. The van der Waals surface area contributed by atoms with Crippen LogP contribution >= 0.6 is 0 Å². The normalized spacial score (nSPS) is 29.3. The van der Waals surface area contributed by atoms with Crippen LogP contribution in [-0.4, -0.2) is 23.2 Å². The van der Waals surface area contributed by atoms with Gasteiger partial charge in [0.2, 0.25) is 5.91 Å². The van der Waals surface area contributed by atoms with E-state index in [9.17, 15) is 9.90 Å². The SMILES string of the molecule is CC(C)(C)C(=O)N[C@@H]1CC[C@H]1O. The molecule has 1 fully saturated rings. The quantitative estimate of drug-likeness (QED) is 0.609. The average molecular weight is 171 g/mol. The van der Waals surface area contributed by atoms with Gasteiger partial charge in [0.1, 0.15) is 0 Å². The van der Waals surface area contributed by atoms with Gasteiger partial charge >= 0.3 is 0 Å². The molecular weight excluding hydrogens is 154 g/mol. The van der Waals surface area contributed by atoms with Crippen molar-refractivity contribution in [2.24, 2.45) is 5.41 Å². The highest BCUT2D eigenvalue weighted by atomic mass is 16.3. The molecule has 1 saturated carbocycles. The van der Waals surface area contributed by atoms with Crippen LogP contribution in [0.3, 0.4) is 0 Å². The van der Waals surface area contributed by atoms with Crippen molar-refractivity contribution in [1.82, 2.24) is 5.32 Å². The number of amides is 1. The first-order chi connectivity index (χ1) is 5.41. The van der Waals surface area contributed by atoms with Crippen molar-refractivity contribution in [3.63, 3.8) is 0 Å². The third kappa shape index (κ3) is 1.97. The second-order valence-corrected chi connectivity index (χ2v) is 4.47. The summed E-state index contributed by atoms with van der Waals surface area (Å²) in [4.78, 5) is 11.4. The molecule has 0 saturated heterocycles. The molecule has 12 heavy (non-hydrogen) atoms. The van der Waals surface area contributed by atoms with Crippen molar-refractivity contribution in [3.05, 3.63) is 0 Å². The van der Waals surface area contributed by atoms with Crippen LogP contribution < -0.4 is 5.32 Å². The number of hydrogen-bond donors (Lipinski definition) is 2. The van der Waals surface area contributed by atoms with E-state index in [2.05, 4.69) is 5.32 Å². The monoisotopic (exact) mass is 171 g/mol. The van der Waals surface area contributed by atoms with Gasteiger partial charge in [-0.05, 0) is 12.8 Å². The van der Waals surface area contributed by atoms with Crippen molar-refractivity contribution in [2.75, 3.05) is 0 Å². The van der Waals surface area contributed by atoms with Crippen LogP contribution in [0.4, 0.5) is 0 Å². The molecule has 3 nitrogen and oxygen atoms in total. The van der Waals surface area contributed by atoms with Crippen LogP contribution in [-0.2, 0) is 4.79 Å². The molecule has 0 aliphatic heterocycles. The molecule has 0 aromatic heterocycles. The summed E-state index contributed by atoms with van der Waals surface area (Å²) < 4.78 is 0. The molecule has 70 valence electrons. The largest absolute Gasteiger partial charge is 0.391 e. The Hall–Kier alpha value is -0.570. The zero-order valence-corrected chi connectivity index (χ0v) is 7.92. The average Bonchev–Trinajstić information content (AvgIpc) is 1.95. The number of rotatable bonds is 1. The van der Waals surface area contributed by atoms with Crippen molar-refractivity contribution < 1.29 is 9.90 Å².